The number of ether oxygens (including phenoxy) is 3. The van der Waals surface area contributed by atoms with E-state index < -0.39 is 35.3 Å². The fourth-order valence-electron chi connectivity index (χ4n) is 1.96. The number of hydrogen-bond acceptors (Lipinski definition) is 6. The first-order valence-corrected chi connectivity index (χ1v) is 8.71. The molecule has 0 saturated heterocycles. The highest BCUT2D eigenvalue weighted by molar-refractivity contribution is 5.76. The van der Waals surface area contributed by atoms with Gasteiger partial charge >= 0.3 is 18.2 Å². The lowest BCUT2D eigenvalue weighted by Gasteiger charge is -2.29. The molecule has 0 spiro atoms. The minimum absolute atomic E-state index is 0.0564. The van der Waals surface area contributed by atoms with Crippen LogP contribution in [0.1, 0.15) is 48.5 Å². The van der Waals surface area contributed by atoms with Crippen molar-refractivity contribution in [2.24, 2.45) is 5.92 Å². The van der Waals surface area contributed by atoms with E-state index in [4.69, 9.17) is 14.2 Å². The summed E-state index contributed by atoms with van der Waals surface area (Å²) in [5.41, 5.74) is -1.28. The van der Waals surface area contributed by atoms with Crippen molar-refractivity contribution in [1.29, 1.82) is 0 Å². The fraction of sp³-hybridized carbons (Fsp3) is 0.833. The van der Waals surface area contributed by atoms with Crippen LogP contribution in [0.15, 0.2) is 0 Å². The molecule has 0 unspecified atom stereocenters. The molecule has 26 heavy (non-hydrogen) atoms. The summed E-state index contributed by atoms with van der Waals surface area (Å²) in [6, 6.07) is 0. The van der Waals surface area contributed by atoms with E-state index in [9.17, 15) is 14.4 Å². The van der Waals surface area contributed by atoms with Gasteiger partial charge in [-0.2, -0.15) is 0 Å². The lowest BCUT2D eigenvalue weighted by atomic mass is 10.1. The monoisotopic (exact) mass is 374 g/mol. The Balaban J connectivity index is 5.04. The number of hydrogen-bond donors (Lipinski definition) is 0. The Kier molecular flexibility index (Phi) is 8.90. The standard InChI is InChI=1S/C18H34N2O6/c1-10-24-14(21)13(11-19(8)15(22)25-17(2,3)4)12-20(9)16(23)26-18(5,6)7/h13H,10-12H2,1-9H3. The van der Waals surface area contributed by atoms with E-state index in [0.717, 1.165) is 0 Å². The lowest BCUT2D eigenvalue weighted by Crippen LogP contribution is -2.44. The number of carbonyl (C=O) groups is 3. The number of esters is 1. The van der Waals surface area contributed by atoms with Gasteiger partial charge in [-0.05, 0) is 48.5 Å². The van der Waals surface area contributed by atoms with Crippen LogP contribution in [0.25, 0.3) is 0 Å². The zero-order valence-electron chi connectivity index (χ0n) is 17.5. The molecule has 0 bridgehead atoms. The van der Waals surface area contributed by atoms with Crippen molar-refractivity contribution >= 4 is 18.2 Å². The van der Waals surface area contributed by atoms with Crippen molar-refractivity contribution < 1.29 is 28.6 Å². The summed E-state index contributed by atoms with van der Waals surface area (Å²) in [4.78, 5) is 39.1. The number of carbonyl (C=O) groups excluding carboxylic acids is 3. The molecule has 2 amide bonds. The average Bonchev–Trinajstić information content (AvgIpc) is 2.42. The Hall–Kier alpha value is -1.99. The Morgan fingerprint density at radius 1 is 0.808 bits per heavy atom. The van der Waals surface area contributed by atoms with Crippen LogP contribution < -0.4 is 0 Å². The van der Waals surface area contributed by atoms with Crippen LogP contribution in [0.5, 0.6) is 0 Å². The molecule has 0 aromatic rings. The van der Waals surface area contributed by atoms with Crippen LogP contribution in [0, 0.1) is 5.92 Å². The summed E-state index contributed by atoms with van der Waals surface area (Å²) in [5.74, 6) is -1.21. The van der Waals surface area contributed by atoms with Crippen LogP contribution >= 0.6 is 0 Å². The summed E-state index contributed by atoms with van der Waals surface area (Å²) in [7, 11) is 3.07. The van der Waals surface area contributed by atoms with Gasteiger partial charge in [-0.3, -0.25) is 4.79 Å². The van der Waals surface area contributed by atoms with Crippen molar-refractivity contribution in [1.82, 2.24) is 9.80 Å². The first-order chi connectivity index (χ1) is 11.7. The van der Waals surface area contributed by atoms with E-state index in [2.05, 4.69) is 0 Å². The SMILES string of the molecule is CCOC(=O)C(CN(C)C(=O)OC(C)(C)C)CN(C)C(=O)OC(C)(C)C. The Bertz CT molecular complexity index is 457. The molecule has 152 valence electrons. The molecule has 0 atom stereocenters. The molecule has 0 aromatic heterocycles. The average molecular weight is 374 g/mol. The largest absolute Gasteiger partial charge is 0.466 e. The molecular formula is C18H34N2O6. The van der Waals surface area contributed by atoms with E-state index in [1.807, 2.05) is 0 Å². The van der Waals surface area contributed by atoms with Gasteiger partial charge in [0.15, 0.2) is 0 Å². The van der Waals surface area contributed by atoms with Crippen LogP contribution in [0.2, 0.25) is 0 Å². The van der Waals surface area contributed by atoms with Gasteiger partial charge in [0, 0.05) is 27.2 Å². The third-order valence-corrected chi connectivity index (χ3v) is 3.02. The van der Waals surface area contributed by atoms with Crippen molar-refractivity contribution in [3.05, 3.63) is 0 Å². The Morgan fingerprint density at radius 3 is 1.42 bits per heavy atom. The highest BCUT2D eigenvalue weighted by Gasteiger charge is 2.30. The maximum Gasteiger partial charge on any atom is 0.410 e. The highest BCUT2D eigenvalue weighted by atomic mass is 16.6. The molecule has 0 aliphatic rings. The van der Waals surface area contributed by atoms with Gasteiger partial charge in [0.1, 0.15) is 11.2 Å². The molecule has 0 rings (SSSR count). The zero-order valence-corrected chi connectivity index (χ0v) is 17.5. The van der Waals surface area contributed by atoms with Crippen molar-refractivity contribution in [2.75, 3.05) is 33.8 Å². The van der Waals surface area contributed by atoms with Gasteiger partial charge in [0.2, 0.25) is 0 Å². The molecule has 0 heterocycles. The van der Waals surface area contributed by atoms with Gasteiger partial charge < -0.3 is 24.0 Å². The molecule has 0 radical (unpaired) electrons. The number of rotatable bonds is 6. The molecule has 0 aliphatic heterocycles. The van der Waals surface area contributed by atoms with Crippen LogP contribution in [0.4, 0.5) is 9.59 Å². The van der Waals surface area contributed by atoms with Gasteiger partial charge in [-0.25, -0.2) is 9.59 Å². The quantitative estimate of drug-likeness (QED) is 0.525. The van der Waals surface area contributed by atoms with Crippen LogP contribution in [-0.4, -0.2) is 72.9 Å². The summed E-state index contributed by atoms with van der Waals surface area (Å²) in [6.45, 7) is 12.6. The predicted octanol–water partition coefficient (Wildman–Crippen LogP) is 2.90. The van der Waals surface area contributed by atoms with E-state index in [1.54, 1.807) is 48.5 Å². The second-order valence-corrected chi connectivity index (χ2v) is 8.17. The van der Waals surface area contributed by atoms with Crippen LogP contribution in [0.3, 0.4) is 0 Å². The van der Waals surface area contributed by atoms with Crippen molar-refractivity contribution in [3.63, 3.8) is 0 Å². The van der Waals surface area contributed by atoms with Crippen molar-refractivity contribution in [2.45, 2.75) is 59.7 Å². The van der Waals surface area contributed by atoms with Crippen molar-refractivity contribution in [3.8, 4) is 0 Å². The minimum Gasteiger partial charge on any atom is -0.466 e. The van der Waals surface area contributed by atoms with E-state index in [1.165, 1.54) is 23.9 Å². The van der Waals surface area contributed by atoms with E-state index in [-0.39, 0.29) is 19.7 Å². The first kappa shape index (κ1) is 24.0. The maximum atomic E-state index is 12.3. The van der Waals surface area contributed by atoms with E-state index >= 15 is 0 Å². The summed E-state index contributed by atoms with van der Waals surface area (Å²) in [5, 5.41) is 0. The topological polar surface area (TPSA) is 85.4 Å². The first-order valence-electron chi connectivity index (χ1n) is 8.71. The molecule has 0 aliphatic carbocycles. The molecule has 0 saturated carbocycles. The molecule has 0 fully saturated rings. The van der Waals surface area contributed by atoms with Gasteiger partial charge in [-0.1, -0.05) is 0 Å². The smallest absolute Gasteiger partial charge is 0.410 e. The molecule has 0 aromatic carbocycles. The Morgan fingerprint density at radius 2 is 1.15 bits per heavy atom. The van der Waals surface area contributed by atoms with Gasteiger partial charge in [0.05, 0.1) is 12.5 Å². The highest BCUT2D eigenvalue weighted by Crippen LogP contribution is 2.14. The number of nitrogens with zero attached hydrogens (tertiary/aromatic N) is 2. The molecule has 8 nitrogen and oxygen atoms in total. The summed E-state index contributed by atoms with van der Waals surface area (Å²) < 4.78 is 15.6. The normalized spacial score (nSPS) is 11.8. The zero-order chi connectivity index (χ0) is 20.7. The van der Waals surface area contributed by atoms with Gasteiger partial charge in [-0.15, -0.1) is 0 Å². The lowest BCUT2D eigenvalue weighted by molar-refractivity contribution is -0.148. The predicted molar refractivity (Wildman–Crippen MR) is 97.9 cm³/mol. The second-order valence-electron chi connectivity index (χ2n) is 8.17. The Labute approximate surface area is 156 Å². The molecule has 0 N–H and O–H groups in total. The third kappa shape index (κ3) is 10.1. The number of amides is 2. The molecule has 8 heteroatoms. The van der Waals surface area contributed by atoms with Gasteiger partial charge in [0.25, 0.3) is 0 Å². The maximum absolute atomic E-state index is 12.3. The minimum atomic E-state index is -0.718. The summed E-state index contributed by atoms with van der Waals surface area (Å²) in [6.07, 6.45) is -1.10. The second kappa shape index (κ2) is 9.64. The third-order valence-electron chi connectivity index (χ3n) is 3.02. The molecular weight excluding hydrogens is 340 g/mol. The fourth-order valence-corrected chi connectivity index (χ4v) is 1.96. The van der Waals surface area contributed by atoms with Crippen LogP contribution in [-0.2, 0) is 19.0 Å². The van der Waals surface area contributed by atoms with E-state index in [0.29, 0.717) is 0 Å². The summed E-state index contributed by atoms with van der Waals surface area (Å²) >= 11 is 0.